The van der Waals surface area contributed by atoms with Crippen molar-refractivity contribution in [3.63, 3.8) is 0 Å². The summed E-state index contributed by atoms with van der Waals surface area (Å²) in [6.07, 6.45) is 0.464. The standard InChI is InChI=1S/C24H31N7O/c1-17-11-18(2)31(28-17)10-9-22(32)30-14-21-13-29(12-20-7-5-4-6-8-20)15-24(21,16-30)23-25-19(3)26-27-23/h4-8,11,21H,9-10,12-16H2,1-3H3,(H,25,26,27)/t21-,24-/m0/s1. The van der Waals surface area contributed by atoms with Gasteiger partial charge in [-0.25, -0.2) is 4.98 Å². The Morgan fingerprint density at radius 1 is 1.16 bits per heavy atom. The molecule has 2 aromatic heterocycles. The van der Waals surface area contributed by atoms with Crippen molar-refractivity contribution in [1.29, 1.82) is 0 Å². The Morgan fingerprint density at radius 3 is 2.66 bits per heavy atom. The number of fused-ring (bicyclic) bond motifs is 1. The predicted molar refractivity (Wildman–Crippen MR) is 121 cm³/mol. The number of aryl methyl sites for hydroxylation is 4. The number of aromatic nitrogens is 5. The fourth-order valence-corrected chi connectivity index (χ4v) is 5.46. The van der Waals surface area contributed by atoms with Crippen molar-refractivity contribution >= 4 is 5.91 Å². The van der Waals surface area contributed by atoms with Crippen LogP contribution in [0.3, 0.4) is 0 Å². The van der Waals surface area contributed by atoms with E-state index in [0.717, 1.165) is 49.2 Å². The van der Waals surface area contributed by atoms with Crippen LogP contribution < -0.4 is 0 Å². The van der Waals surface area contributed by atoms with Gasteiger partial charge in [-0.3, -0.25) is 19.5 Å². The van der Waals surface area contributed by atoms with Gasteiger partial charge in [0.2, 0.25) is 5.91 Å². The minimum Gasteiger partial charge on any atom is -0.341 e. The quantitative estimate of drug-likeness (QED) is 0.645. The maximum absolute atomic E-state index is 13.1. The van der Waals surface area contributed by atoms with Crippen LogP contribution in [0, 0.1) is 26.7 Å². The van der Waals surface area contributed by atoms with Crippen LogP contribution in [-0.2, 0) is 23.3 Å². The summed E-state index contributed by atoms with van der Waals surface area (Å²) < 4.78 is 1.93. The van der Waals surface area contributed by atoms with Gasteiger partial charge in [-0.15, -0.1) is 0 Å². The second kappa shape index (κ2) is 8.16. The fourth-order valence-electron chi connectivity index (χ4n) is 5.46. The Bertz CT molecular complexity index is 1100. The summed E-state index contributed by atoms with van der Waals surface area (Å²) in [5.41, 5.74) is 3.18. The molecule has 168 valence electrons. The summed E-state index contributed by atoms with van der Waals surface area (Å²) >= 11 is 0. The maximum atomic E-state index is 13.1. The van der Waals surface area contributed by atoms with E-state index in [1.165, 1.54) is 5.56 Å². The van der Waals surface area contributed by atoms with Crippen LogP contribution in [0.2, 0.25) is 0 Å². The third-order valence-corrected chi connectivity index (χ3v) is 6.96. The summed E-state index contributed by atoms with van der Waals surface area (Å²) in [7, 11) is 0. The fraction of sp³-hybridized carbons (Fsp3) is 0.500. The second-order valence-corrected chi connectivity index (χ2v) is 9.43. The summed E-state index contributed by atoms with van der Waals surface area (Å²) in [4.78, 5) is 22.4. The lowest BCUT2D eigenvalue weighted by molar-refractivity contribution is -0.130. The lowest BCUT2D eigenvalue weighted by atomic mass is 9.80. The monoisotopic (exact) mass is 433 g/mol. The molecule has 2 saturated heterocycles. The normalized spacial score (nSPS) is 23.1. The third-order valence-electron chi connectivity index (χ3n) is 6.96. The van der Waals surface area contributed by atoms with Gasteiger partial charge in [0.15, 0.2) is 5.82 Å². The Balaban J connectivity index is 1.31. The van der Waals surface area contributed by atoms with Crippen LogP contribution in [0.5, 0.6) is 0 Å². The highest BCUT2D eigenvalue weighted by atomic mass is 16.2. The Kier molecular flexibility index (Phi) is 5.33. The molecule has 0 saturated carbocycles. The van der Waals surface area contributed by atoms with E-state index in [-0.39, 0.29) is 11.3 Å². The van der Waals surface area contributed by atoms with Crippen LogP contribution >= 0.6 is 0 Å². The number of amides is 1. The SMILES string of the molecule is Cc1cc(C)n(CCC(=O)N2C[C@@H]3CN(Cc4ccccc4)C[C@]3(c3n[nH]c(C)n3)C2)n1. The van der Waals surface area contributed by atoms with E-state index in [1.54, 1.807) is 0 Å². The number of rotatable bonds is 6. The number of benzene rings is 1. The van der Waals surface area contributed by atoms with Gasteiger partial charge in [0.25, 0.3) is 0 Å². The number of likely N-dealkylation sites (tertiary alicyclic amines) is 2. The second-order valence-electron chi connectivity index (χ2n) is 9.43. The molecule has 1 aromatic carbocycles. The van der Waals surface area contributed by atoms with E-state index in [0.29, 0.717) is 25.4 Å². The van der Waals surface area contributed by atoms with Gasteiger partial charge in [0.1, 0.15) is 5.82 Å². The van der Waals surface area contributed by atoms with Crippen LogP contribution in [-0.4, -0.2) is 66.8 Å². The Labute approximate surface area is 188 Å². The van der Waals surface area contributed by atoms with Crippen molar-refractivity contribution < 1.29 is 4.79 Å². The molecule has 0 unspecified atom stereocenters. The highest BCUT2D eigenvalue weighted by Gasteiger charge is 2.56. The molecule has 8 nitrogen and oxygen atoms in total. The van der Waals surface area contributed by atoms with E-state index in [4.69, 9.17) is 4.98 Å². The largest absolute Gasteiger partial charge is 0.341 e. The highest BCUT2D eigenvalue weighted by molar-refractivity contribution is 5.76. The number of carbonyl (C=O) groups excluding carboxylic acids is 1. The van der Waals surface area contributed by atoms with Gasteiger partial charge in [0.05, 0.1) is 11.1 Å². The smallest absolute Gasteiger partial charge is 0.224 e. The van der Waals surface area contributed by atoms with Crippen LogP contribution in [0.1, 0.15) is 35.0 Å². The molecule has 0 bridgehead atoms. The van der Waals surface area contributed by atoms with E-state index < -0.39 is 0 Å². The van der Waals surface area contributed by atoms with Gasteiger partial charge in [0, 0.05) is 57.3 Å². The number of nitrogens with one attached hydrogen (secondary N) is 1. The van der Waals surface area contributed by atoms with E-state index >= 15 is 0 Å². The van der Waals surface area contributed by atoms with Gasteiger partial charge < -0.3 is 4.90 Å². The molecule has 3 aromatic rings. The molecule has 2 aliphatic rings. The summed E-state index contributed by atoms with van der Waals surface area (Å²) in [5.74, 6) is 2.19. The molecule has 0 spiro atoms. The number of hydrogen-bond acceptors (Lipinski definition) is 5. The number of nitrogens with zero attached hydrogens (tertiary/aromatic N) is 6. The molecule has 1 amide bonds. The van der Waals surface area contributed by atoms with Crippen molar-refractivity contribution in [2.45, 2.75) is 45.7 Å². The summed E-state index contributed by atoms with van der Waals surface area (Å²) in [6.45, 7) is 10.7. The molecule has 2 fully saturated rings. The van der Waals surface area contributed by atoms with E-state index in [2.05, 4.69) is 50.5 Å². The number of carbonyl (C=O) groups is 1. The van der Waals surface area contributed by atoms with E-state index in [1.807, 2.05) is 36.4 Å². The van der Waals surface area contributed by atoms with Crippen LogP contribution in [0.25, 0.3) is 0 Å². The maximum Gasteiger partial charge on any atom is 0.224 e. The first kappa shape index (κ1) is 20.9. The molecule has 2 aliphatic heterocycles. The molecular formula is C24H31N7O. The molecule has 5 rings (SSSR count). The van der Waals surface area contributed by atoms with Gasteiger partial charge in [-0.1, -0.05) is 30.3 Å². The zero-order valence-electron chi connectivity index (χ0n) is 19.1. The van der Waals surface area contributed by atoms with Crippen LogP contribution in [0.15, 0.2) is 36.4 Å². The lowest BCUT2D eigenvalue weighted by Gasteiger charge is -2.27. The Morgan fingerprint density at radius 2 is 1.97 bits per heavy atom. The first-order valence-corrected chi connectivity index (χ1v) is 11.4. The minimum atomic E-state index is -0.215. The van der Waals surface area contributed by atoms with Crippen LogP contribution in [0.4, 0.5) is 0 Å². The number of H-pyrrole nitrogens is 1. The third kappa shape index (κ3) is 3.83. The van der Waals surface area contributed by atoms with Crippen molar-refractivity contribution in [1.82, 2.24) is 34.8 Å². The van der Waals surface area contributed by atoms with Gasteiger partial charge in [-0.05, 0) is 32.4 Å². The first-order valence-electron chi connectivity index (χ1n) is 11.4. The Hall–Kier alpha value is -3.00. The predicted octanol–water partition coefficient (Wildman–Crippen LogP) is 2.23. The first-order chi connectivity index (χ1) is 15.4. The molecule has 2 atom stereocenters. The summed E-state index contributed by atoms with van der Waals surface area (Å²) in [5, 5.41) is 12.1. The van der Waals surface area contributed by atoms with Crippen molar-refractivity contribution in [3.05, 3.63) is 65.0 Å². The molecule has 32 heavy (non-hydrogen) atoms. The van der Waals surface area contributed by atoms with Crippen molar-refractivity contribution in [2.24, 2.45) is 5.92 Å². The van der Waals surface area contributed by atoms with Crippen molar-refractivity contribution in [3.8, 4) is 0 Å². The molecule has 0 aliphatic carbocycles. The van der Waals surface area contributed by atoms with E-state index in [9.17, 15) is 4.79 Å². The average Bonchev–Trinajstić information content (AvgIpc) is 3.50. The zero-order valence-corrected chi connectivity index (χ0v) is 19.1. The molecule has 8 heteroatoms. The van der Waals surface area contributed by atoms with Crippen molar-refractivity contribution in [2.75, 3.05) is 26.2 Å². The number of aromatic amines is 1. The molecular weight excluding hydrogens is 402 g/mol. The zero-order chi connectivity index (χ0) is 22.3. The summed E-state index contributed by atoms with van der Waals surface area (Å²) in [6, 6.07) is 12.6. The highest BCUT2D eigenvalue weighted by Crippen LogP contribution is 2.44. The van der Waals surface area contributed by atoms with Gasteiger partial charge >= 0.3 is 0 Å². The number of hydrogen-bond donors (Lipinski definition) is 1. The molecule has 4 heterocycles. The molecule has 0 radical (unpaired) electrons. The topological polar surface area (TPSA) is 82.9 Å². The average molecular weight is 434 g/mol. The minimum absolute atomic E-state index is 0.188. The molecule has 1 N–H and O–H groups in total. The lowest BCUT2D eigenvalue weighted by Crippen LogP contribution is -2.40. The van der Waals surface area contributed by atoms with Gasteiger partial charge in [-0.2, -0.15) is 10.2 Å².